The molecule has 0 aliphatic carbocycles. The van der Waals surface area contributed by atoms with Crippen molar-refractivity contribution >= 4 is 28.5 Å². The zero-order valence-corrected chi connectivity index (χ0v) is 22.2. The Morgan fingerprint density at radius 2 is 1.76 bits per heavy atom. The van der Waals surface area contributed by atoms with Gasteiger partial charge in [-0.3, -0.25) is 9.78 Å². The van der Waals surface area contributed by atoms with Gasteiger partial charge in [-0.1, -0.05) is 11.6 Å². The van der Waals surface area contributed by atoms with E-state index in [4.69, 9.17) is 16.3 Å². The summed E-state index contributed by atoms with van der Waals surface area (Å²) in [7, 11) is 1.61. The van der Waals surface area contributed by atoms with E-state index in [9.17, 15) is 23.1 Å². The fourth-order valence-electron chi connectivity index (χ4n) is 5.60. The molecule has 1 aliphatic rings. The third-order valence-corrected chi connectivity index (χ3v) is 8.04. The van der Waals surface area contributed by atoms with Crippen molar-refractivity contribution in [2.45, 2.75) is 51.4 Å². The molecule has 1 N–H and O–H groups in total. The fourth-order valence-corrected chi connectivity index (χ4v) is 5.85. The number of carboxylic acids is 1. The molecule has 1 aliphatic heterocycles. The monoisotopic (exact) mass is 548 g/mol. The molecule has 0 spiro atoms. The third-order valence-electron chi connectivity index (χ3n) is 7.72. The lowest BCUT2D eigenvalue weighted by molar-refractivity contribution is -0.140. The molecule has 0 radical (unpaired) electrons. The first-order valence-electron chi connectivity index (χ1n) is 12.9. The Hall–Kier alpha value is -2.84. The van der Waals surface area contributed by atoms with Gasteiger partial charge in [0, 0.05) is 29.3 Å². The van der Waals surface area contributed by atoms with Crippen molar-refractivity contribution in [1.29, 1.82) is 0 Å². The molecule has 5 nitrogen and oxygen atoms in total. The Labute approximate surface area is 225 Å². The number of piperidine rings is 1. The molecule has 9 heteroatoms. The second kappa shape index (κ2) is 12.3. The zero-order valence-electron chi connectivity index (χ0n) is 21.4. The summed E-state index contributed by atoms with van der Waals surface area (Å²) in [5.74, 6) is -2.72. The molecule has 0 atom stereocenters. The van der Waals surface area contributed by atoms with Crippen molar-refractivity contribution in [2.24, 2.45) is 5.41 Å². The summed E-state index contributed by atoms with van der Waals surface area (Å²) in [6, 6.07) is 7.10. The van der Waals surface area contributed by atoms with Crippen LogP contribution in [0, 0.1) is 22.9 Å². The molecule has 1 aromatic heterocycles. The van der Waals surface area contributed by atoms with E-state index in [2.05, 4.69) is 9.88 Å². The molecule has 4 rings (SSSR count). The second-order valence-electron chi connectivity index (χ2n) is 10.2. The Bertz CT molecular complexity index is 1270. The van der Waals surface area contributed by atoms with Crippen LogP contribution in [0.25, 0.3) is 10.9 Å². The number of aryl methyl sites for hydroxylation is 1. The van der Waals surface area contributed by atoms with Crippen LogP contribution >= 0.6 is 11.6 Å². The topological polar surface area (TPSA) is 62.7 Å². The van der Waals surface area contributed by atoms with E-state index in [-0.39, 0.29) is 23.8 Å². The molecule has 38 heavy (non-hydrogen) atoms. The summed E-state index contributed by atoms with van der Waals surface area (Å²) < 4.78 is 46.4. The van der Waals surface area contributed by atoms with Gasteiger partial charge in [-0.15, -0.1) is 0 Å². The van der Waals surface area contributed by atoms with Gasteiger partial charge in [0.1, 0.15) is 23.2 Å². The number of aromatic nitrogens is 1. The maximum Gasteiger partial charge on any atom is 0.303 e. The van der Waals surface area contributed by atoms with Crippen LogP contribution < -0.4 is 4.74 Å². The van der Waals surface area contributed by atoms with Crippen LogP contribution in [0.4, 0.5) is 13.2 Å². The minimum Gasteiger partial charge on any atom is -0.497 e. The number of aliphatic carboxylic acids is 1. The predicted molar refractivity (Wildman–Crippen MR) is 141 cm³/mol. The molecule has 0 unspecified atom stereocenters. The molecule has 1 saturated heterocycles. The summed E-state index contributed by atoms with van der Waals surface area (Å²) >= 11 is 6.51. The van der Waals surface area contributed by atoms with Crippen LogP contribution in [0.3, 0.4) is 0 Å². The molecule has 1 fully saturated rings. The van der Waals surface area contributed by atoms with Gasteiger partial charge in [0.25, 0.3) is 0 Å². The normalized spacial score (nSPS) is 15.6. The van der Waals surface area contributed by atoms with Gasteiger partial charge >= 0.3 is 5.97 Å². The fraction of sp³-hybridized carbons (Fsp3) is 0.448. The van der Waals surface area contributed by atoms with Crippen LogP contribution in [0.2, 0.25) is 5.02 Å². The summed E-state index contributed by atoms with van der Waals surface area (Å²) in [5, 5.41) is 11.2. The van der Waals surface area contributed by atoms with Crippen LogP contribution in [-0.2, 0) is 17.6 Å². The number of halogens is 4. The highest BCUT2D eigenvalue weighted by Gasteiger charge is 2.36. The van der Waals surface area contributed by atoms with E-state index in [0.717, 1.165) is 61.0 Å². The number of fused-ring (bicyclic) bond motifs is 1. The first-order chi connectivity index (χ1) is 18.2. The van der Waals surface area contributed by atoms with Crippen molar-refractivity contribution in [2.75, 3.05) is 26.7 Å². The molecule has 0 amide bonds. The number of benzene rings is 2. The Morgan fingerprint density at radius 1 is 1.08 bits per heavy atom. The van der Waals surface area contributed by atoms with Gasteiger partial charge in [-0.05, 0) is 93.8 Å². The summed E-state index contributed by atoms with van der Waals surface area (Å²) in [6.07, 6.45) is 6.17. The highest BCUT2D eigenvalue weighted by atomic mass is 35.5. The molecule has 204 valence electrons. The van der Waals surface area contributed by atoms with Gasteiger partial charge in [-0.2, -0.15) is 0 Å². The number of carbonyl (C=O) groups is 1. The van der Waals surface area contributed by atoms with Gasteiger partial charge in [0.2, 0.25) is 0 Å². The highest BCUT2D eigenvalue weighted by molar-refractivity contribution is 6.32. The molecule has 3 aromatic rings. The molecule has 2 aromatic carbocycles. The number of hydrogen-bond acceptors (Lipinski definition) is 4. The van der Waals surface area contributed by atoms with Gasteiger partial charge in [0.05, 0.1) is 24.1 Å². The van der Waals surface area contributed by atoms with Gasteiger partial charge < -0.3 is 14.7 Å². The maximum atomic E-state index is 13.9. The van der Waals surface area contributed by atoms with E-state index < -0.39 is 23.4 Å². The van der Waals surface area contributed by atoms with E-state index in [1.807, 2.05) is 18.2 Å². The Kier molecular flexibility index (Phi) is 9.15. The van der Waals surface area contributed by atoms with E-state index in [1.54, 1.807) is 13.3 Å². The van der Waals surface area contributed by atoms with Gasteiger partial charge in [0.15, 0.2) is 0 Å². The second-order valence-corrected chi connectivity index (χ2v) is 10.6. The van der Waals surface area contributed by atoms with Crippen molar-refractivity contribution in [3.05, 3.63) is 70.1 Å². The average molecular weight is 549 g/mol. The summed E-state index contributed by atoms with van der Waals surface area (Å²) in [5.41, 5.74) is 1.41. The number of nitrogens with zero attached hydrogens (tertiary/aromatic N) is 2. The largest absolute Gasteiger partial charge is 0.497 e. The van der Waals surface area contributed by atoms with Crippen molar-refractivity contribution in [1.82, 2.24) is 9.88 Å². The lowest BCUT2D eigenvalue weighted by atomic mass is 9.72. The SMILES string of the molecule is COc1ccc2ncc(Cl)c(CCCC3(CC(=O)O)CCN(CCCc4c(F)cc(F)cc4F)CC3)c2c1. The molecule has 0 bridgehead atoms. The third kappa shape index (κ3) is 6.77. The standard InChI is InChI=1S/C29H32ClF3N2O3/c1-38-20-6-7-27-23(16-20)21(24(30)18-34-27)4-2-8-29(17-28(36)37)9-12-35(13-10-29)11-3-5-22-25(32)14-19(31)15-26(22)33/h6-7,14-16,18H,2-5,8-13,17H2,1H3,(H,36,37). The average Bonchev–Trinajstić information content (AvgIpc) is 2.87. The molecule has 2 heterocycles. The van der Waals surface area contributed by atoms with Crippen molar-refractivity contribution in [3.63, 3.8) is 0 Å². The number of methoxy groups -OCH3 is 1. The summed E-state index contributed by atoms with van der Waals surface area (Å²) in [4.78, 5) is 18.4. The Morgan fingerprint density at radius 3 is 2.42 bits per heavy atom. The van der Waals surface area contributed by atoms with Crippen LogP contribution in [0.15, 0.2) is 36.5 Å². The first kappa shape index (κ1) is 28.2. The molecule has 0 saturated carbocycles. The lowest BCUT2D eigenvalue weighted by Crippen LogP contribution is -2.41. The number of carboxylic acid groups (broad SMARTS) is 1. The number of likely N-dealkylation sites (tertiary alicyclic amines) is 1. The number of hydrogen-bond donors (Lipinski definition) is 1. The Balaban J connectivity index is 1.35. The summed E-state index contributed by atoms with van der Waals surface area (Å²) in [6.45, 7) is 2.08. The first-order valence-corrected chi connectivity index (χ1v) is 13.3. The number of rotatable bonds is 11. The molecular formula is C29H32ClF3N2O3. The number of pyridine rings is 1. The highest BCUT2D eigenvalue weighted by Crippen LogP contribution is 2.41. The van der Waals surface area contributed by atoms with Crippen LogP contribution in [0.5, 0.6) is 5.75 Å². The van der Waals surface area contributed by atoms with Crippen LogP contribution in [-0.4, -0.2) is 47.7 Å². The smallest absolute Gasteiger partial charge is 0.303 e. The van der Waals surface area contributed by atoms with E-state index >= 15 is 0 Å². The van der Waals surface area contributed by atoms with E-state index in [1.165, 1.54) is 0 Å². The zero-order chi connectivity index (χ0) is 27.3. The van der Waals surface area contributed by atoms with Gasteiger partial charge in [-0.25, -0.2) is 13.2 Å². The lowest BCUT2D eigenvalue weighted by Gasteiger charge is -2.41. The quantitative estimate of drug-likeness (QED) is 0.285. The minimum atomic E-state index is -0.923. The maximum absolute atomic E-state index is 13.9. The van der Waals surface area contributed by atoms with Crippen LogP contribution in [0.1, 0.15) is 49.7 Å². The predicted octanol–water partition coefficient (Wildman–Crippen LogP) is 6.83. The van der Waals surface area contributed by atoms with Crippen molar-refractivity contribution in [3.8, 4) is 5.75 Å². The minimum absolute atomic E-state index is 0.0939. The van der Waals surface area contributed by atoms with E-state index in [0.29, 0.717) is 36.5 Å². The van der Waals surface area contributed by atoms with Crippen molar-refractivity contribution < 1.29 is 27.8 Å². The molecular weight excluding hydrogens is 517 g/mol. The number of ether oxygens (including phenoxy) is 1.